The number of hydrogen-bond donors (Lipinski definition) is 2. The van der Waals surface area contributed by atoms with Crippen LogP contribution in [0.3, 0.4) is 0 Å². The minimum atomic E-state index is -0.359. The number of unbranched alkanes of at least 4 members (excludes halogenated alkanes) is 1. The highest BCUT2D eigenvalue weighted by Crippen LogP contribution is 2.51. The van der Waals surface area contributed by atoms with E-state index >= 15 is 0 Å². The zero-order valence-corrected chi connectivity index (χ0v) is 26.1. The molecule has 6 rings (SSSR count). The summed E-state index contributed by atoms with van der Waals surface area (Å²) in [5.74, 6) is 8.18. The summed E-state index contributed by atoms with van der Waals surface area (Å²) in [5, 5.41) is 7.29. The topological polar surface area (TPSA) is 119 Å². The number of carbonyl (C=O) groups excluding carboxylic acids is 2. The van der Waals surface area contributed by atoms with E-state index in [0.717, 1.165) is 18.5 Å². The molecule has 0 radical (unpaired) electrons. The Morgan fingerprint density at radius 1 is 1.13 bits per heavy atom. The number of benzene rings is 2. The molecular formula is C35H33ClN6O4. The molecule has 2 aliphatic rings. The Kier molecular flexibility index (Phi) is 9.31. The third-order valence-electron chi connectivity index (χ3n) is 8.06. The Balaban J connectivity index is 1.18. The molecule has 2 aromatic heterocycles. The average molecular weight is 637 g/mol. The van der Waals surface area contributed by atoms with E-state index in [4.69, 9.17) is 21.1 Å². The fraction of sp³-hybridized carbons (Fsp3) is 0.286. The maximum absolute atomic E-state index is 12.4. The van der Waals surface area contributed by atoms with Gasteiger partial charge in [-0.25, -0.2) is 14.8 Å². The van der Waals surface area contributed by atoms with Crippen molar-refractivity contribution in [3.63, 3.8) is 0 Å². The number of nitrogens with zero attached hydrogens (tertiary/aromatic N) is 4. The molecule has 234 valence electrons. The second-order valence-corrected chi connectivity index (χ2v) is 11.6. The van der Waals surface area contributed by atoms with Gasteiger partial charge in [-0.3, -0.25) is 9.78 Å². The van der Waals surface area contributed by atoms with Crippen molar-refractivity contribution >= 4 is 51.7 Å². The van der Waals surface area contributed by atoms with Gasteiger partial charge in [-0.05, 0) is 66.8 Å². The highest BCUT2D eigenvalue weighted by Gasteiger charge is 2.56. The van der Waals surface area contributed by atoms with Crippen LogP contribution in [0, 0.1) is 29.6 Å². The molecule has 1 aliphatic carbocycles. The van der Waals surface area contributed by atoms with Crippen molar-refractivity contribution in [1.82, 2.24) is 19.9 Å². The molecule has 4 aromatic rings. The number of pyridine rings is 1. The molecule has 46 heavy (non-hydrogen) atoms. The third kappa shape index (κ3) is 7.05. The number of fused-ring (bicyclic) bond motifs is 2. The maximum atomic E-state index is 12.4. The lowest BCUT2D eigenvalue weighted by Crippen LogP contribution is -2.32. The normalized spacial score (nSPS) is 17.8. The molecule has 2 fully saturated rings. The van der Waals surface area contributed by atoms with Crippen LogP contribution in [0.25, 0.3) is 10.9 Å². The maximum Gasteiger partial charge on any atom is 0.409 e. The quantitative estimate of drug-likeness (QED) is 0.114. The minimum Gasteiger partial charge on any atom is -0.486 e. The van der Waals surface area contributed by atoms with E-state index in [-0.39, 0.29) is 17.9 Å². The SMILES string of the molecule is C=CC(=O)Nc1cc2c(Nc3ccc(OCc4ccccn4)c(Cl)c3)ncnc2cc1C#CC1C2CN(C(=O)OCCCC)CC12. The third-order valence-corrected chi connectivity index (χ3v) is 8.36. The average Bonchev–Trinajstić information content (AvgIpc) is 3.51. The Morgan fingerprint density at radius 2 is 1.98 bits per heavy atom. The van der Waals surface area contributed by atoms with Crippen molar-refractivity contribution in [3.05, 3.63) is 90.0 Å². The van der Waals surface area contributed by atoms with Gasteiger partial charge in [-0.15, -0.1) is 0 Å². The van der Waals surface area contributed by atoms with E-state index in [1.165, 1.54) is 12.4 Å². The largest absolute Gasteiger partial charge is 0.486 e. The predicted octanol–water partition coefficient (Wildman–Crippen LogP) is 6.59. The van der Waals surface area contributed by atoms with Crippen LogP contribution in [0.15, 0.2) is 73.7 Å². The van der Waals surface area contributed by atoms with Crippen LogP contribution >= 0.6 is 11.6 Å². The van der Waals surface area contributed by atoms with Crippen molar-refractivity contribution < 1.29 is 19.1 Å². The number of carbonyl (C=O) groups is 2. The molecule has 2 N–H and O–H groups in total. The first-order chi connectivity index (χ1) is 22.4. The van der Waals surface area contributed by atoms with E-state index in [9.17, 15) is 9.59 Å². The number of hydrogen-bond acceptors (Lipinski definition) is 8. The van der Waals surface area contributed by atoms with Gasteiger partial charge in [0.25, 0.3) is 0 Å². The van der Waals surface area contributed by atoms with Gasteiger partial charge < -0.3 is 25.0 Å². The summed E-state index contributed by atoms with van der Waals surface area (Å²) in [6.07, 6.45) is 5.99. The Hall–Kier alpha value is -5.14. The highest BCUT2D eigenvalue weighted by molar-refractivity contribution is 6.32. The number of piperidine rings is 1. The van der Waals surface area contributed by atoms with Crippen molar-refractivity contribution in [2.24, 2.45) is 17.8 Å². The van der Waals surface area contributed by atoms with Crippen LogP contribution in [0.5, 0.6) is 5.75 Å². The molecule has 0 bridgehead atoms. The van der Waals surface area contributed by atoms with Gasteiger partial charge in [-0.2, -0.15) is 0 Å². The molecule has 2 atom stereocenters. The number of nitrogens with one attached hydrogen (secondary N) is 2. The van der Waals surface area contributed by atoms with E-state index in [0.29, 0.717) is 82.6 Å². The van der Waals surface area contributed by atoms with Crippen molar-refractivity contribution in [3.8, 4) is 17.6 Å². The minimum absolute atomic E-state index is 0.182. The number of likely N-dealkylation sites (tertiary alicyclic amines) is 1. The van der Waals surface area contributed by atoms with Crippen LogP contribution in [-0.2, 0) is 16.1 Å². The molecule has 1 saturated carbocycles. The van der Waals surface area contributed by atoms with E-state index in [2.05, 4.69) is 50.9 Å². The fourth-order valence-electron chi connectivity index (χ4n) is 5.51. The number of halogens is 1. The first-order valence-electron chi connectivity index (χ1n) is 15.2. The van der Waals surface area contributed by atoms with Gasteiger partial charge in [-0.1, -0.05) is 49.4 Å². The number of amides is 2. The van der Waals surface area contributed by atoms with Gasteiger partial charge in [0.1, 0.15) is 24.5 Å². The number of rotatable bonds is 10. The number of ether oxygens (including phenoxy) is 2. The van der Waals surface area contributed by atoms with Crippen LogP contribution < -0.4 is 15.4 Å². The Bertz CT molecular complexity index is 1830. The summed E-state index contributed by atoms with van der Waals surface area (Å²) < 4.78 is 11.2. The van der Waals surface area contributed by atoms with Crippen LogP contribution in [0.4, 0.5) is 22.0 Å². The molecule has 11 heteroatoms. The van der Waals surface area contributed by atoms with E-state index < -0.39 is 0 Å². The van der Waals surface area contributed by atoms with Gasteiger partial charge in [0, 0.05) is 36.3 Å². The smallest absolute Gasteiger partial charge is 0.409 e. The highest BCUT2D eigenvalue weighted by atomic mass is 35.5. The molecule has 2 amide bonds. The van der Waals surface area contributed by atoms with E-state index in [1.807, 2.05) is 30.3 Å². The zero-order valence-electron chi connectivity index (χ0n) is 25.3. The fourth-order valence-corrected chi connectivity index (χ4v) is 5.74. The standard InChI is InChI=1S/C35H33ClN6O4/c1-3-5-14-45-35(44)42-18-27-25(28(27)19-42)11-9-22-15-31-26(17-30(22)41-33(43)4-2)34(39-21-38-31)40-23-10-12-32(29(36)16-23)46-20-24-8-6-7-13-37-24/h4,6-8,10,12-13,15-17,21,25,27-28H,2-3,5,14,18-20H2,1H3,(H,41,43)(H,38,39,40). The molecule has 3 heterocycles. The molecular weight excluding hydrogens is 604 g/mol. The lowest BCUT2D eigenvalue weighted by atomic mass is 10.1. The first kappa shape index (κ1) is 30.9. The van der Waals surface area contributed by atoms with E-state index in [1.54, 1.807) is 29.3 Å². The van der Waals surface area contributed by atoms with Gasteiger partial charge in [0.05, 0.1) is 34.1 Å². The zero-order chi connectivity index (χ0) is 32.0. The first-order valence-corrected chi connectivity index (χ1v) is 15.6. The molecule has 0 spiro atoms. The number of aromatic nitrogens is 3. The van der Waals surface area contributed by atoms with Crippen molar-refractivity contribution in [2.75, 3.05) is 30.3 Å². The van der Waals surface area contributed by atoms with Crippen molar-refractivity contribution in [1.29, 1.82) is 0 Å². The number of anilines is 3. The van der Waals surface area contributed by atoms with Crippen molar-refractivity contribution in [2.45, 2.75) is 26.4 Å². The second-order valence-electron chi connectivity index (χ2n) is 11.2. The Morgan fingerprint density at radius 3 is 2.72 bits per heavy atom. The summed E-state index contributed by atoms with van der Waals surface area (Å²) in [7, 11) is 0. The summed E-state index contributed by atoms with van der Waals surface area (Å²) >= 11 is 6.53. The van der Waals surface area contributed by atoms with Crippen LogP contribution in [0.1, 0.15) is 31.0 Å². The van der Waals surface area contributed by atoms with Crippen LogP contribution in [0.2, 0.25) is 5.02 Å². The molecule has 10 nitrogen and oxygen atoms in total. The van der Waals surface area contributed by atoms with Gasteiger partial charge in [0.15, 0.2) is 0 Å². The second kappa shape index (κ2) is 13.9. The lowest BCUT2D eigenvalue weighted by Gasteiger charge is -2.18. The molecule has 1 saturated heterocycles. The summed E-state index contributed by atoms with van der Waals surface area (Å²) in [6, 6.07) is 14.6. The summed E-state index contributed by atoms with van der Waals surface area (Å²) in [4.78, 5) is 39.6. The molecule has 2 unspecified atom stereocenters. The lowest BCUT2D eigenvalue weighted by molar-refractivity contribution is -0.111. The monoisotopic (exact) mass is 636 g/mol. The predicted molar refractivity (Wildman–Crippen MR) is 177 cm³/mol. The summed E-state index contributed by atoms with van der Waals surface area (Å²) in [6.45, 7) is 7.69. The molecule has 1 aliphatic heterocycles. The van der Waals surface area contributed by atoms with Gasteiger partial charge in [0.2, 0.25) is 5.91 Å². The summed E-state index contributed by atoms with van der Waals surface area (Å²) in [5.41, 5.74) is 3.29. The Labute approximate surface area is 272 Å². The van der Waals surface area contributed by atoms with Gasteiger partial charge >= 0.3 is 6.09 Å². The van der Waals surface area contributed by atoms with Crippen LogP contribution in [-0.4, -0.2) is 51.5 Å². The molecule has 2 aromatic carbocycles.